The second-order valence-electron chi connectivity index (χ2n) is 13.0. The highest BCUT2D eigenvalue weighted by Gasteiger charge is 2.23. The third-order valence-electron chi connectivity index (χ3n) is 8.11. The fraction of sp³-hybridized carbons (Fsp3) is 0.316. The highest BCUT2D eigenvalue weighted by Crippen LogP contribution is 2.46. The van der Waals surface area contributed by atoms with E-state index in [1.54, 1.807) is 24.5 Å². The van der Waals surface area contributed by atoms with Crippen LogP contribution in [0.1, 0.15) is 43.9 Å². The Balaban J connectivity index is 1.51. The molecule has 0 saturated carbocycles. The van der Waals surface area contributed by atoms with Crippen molar-refractivity contribution in [2.24, 2.45) is 5.41 Å². The maximum Gasteiger partial charge on any atom is 0.220 e. The van der Waals surface area contributed by atoms with Crippen molar-refractivity contribution >= 4 is 27.3 Å². The first-order valence-electron chi connectivity index (χ1n) is 15.7. The van der Waals surface area contributed by atoms with Crippen molar-refractivity contribution in [1.29, 1.82) is 0 Å². The van der Waals surface area contributed by atoms with Crippen LogP contribution in [0.2, 0.25) is 0 Å². The van der Waals surface area contributed by atoms with Gasteiger partial charge >= 0.3 is 0 Å². The zero-order valence-electron chi connectivity index (χ0n) is 26.8. The number of hydrogen-bond acceptors (Lipinski definition) is 6. The Morgan fingerprint density at radius 2 is 1.85 bits per heavy atom. The van der Waals surface area contributed by atoms with Crippen molar-refractivity contribution in [1.82, 2.24) is 15.6 Å². The molecule has 2 N–H and O–H groups in total. The molecule has 1 aliphatic rings. The first-order chi connectivity index (χ1) is 22.2. The van der Waals surface area contributed by atoms with Crippen molar-refractivity contribution in [3.8, 4) is 39.4 Å². The number of ether oxygens (including phenoxy) is 2. The number of thiophene rings is 1. The molecule has 0 aliphatic carbocycles. The van der Waals surface area contributed by atoms with Gasteiger partial charge < -0.3 is 20.1 Å². The number of halogens is 1. The molecule has 238 valence electrons. The zero-order chi connectivity index (χ0) is 32.3. The molecule has 0 fully saturated rings. The van der Waals surface area contributed by atoms with Crippen LogP contribution in [0.25, 0.3) is 43.7 Å². The van der Waals surface area contributed by atoms with Gasteiger partial charge in [-0.1, -0.05) is 51.1 Å². The van der Waals surface area contributed by atoms with Gasteiger partial charge in [-0.15, -0.1) is 11.3 Å². The van der Waals surface area contributed by atoms with Gasteiger partial charge in [0.2, 0.25) is 5.91 Å². The van der Waals surface area contributed by atoms with E-state index in [0.717, 1.165) is 68.8 Å². The molecule has 0 bridgehead atoms. The number of methoxy groups -OCH3 is 1. The molecule has 8 heteroatoms. The van der Waals surface area contributed by atoms with Crippen molar-refractivity contribution in [2.45, 2.75) is 46.7 Å². The molecule has 0 saturated heterocycles. The summed E-state index contributed by atoms with van der Waals surface area (Å²) in [6.07, 6.45) is 1.42. The van der Waals surface area contributed by atoms with Gasteiger partial charge in [-0.2, -0.15) is 0 Å². The van der Waals surface area contributed by atoms with Crippen LogP contribution in [0, 0.1) is 11.2 Å². The number of benzene rings is 3. The van der Waals surface area contributed by atoms with Crippen LogP contribution in [-0.4, -0.2) is 37.8 Å². The number of aromatic nitrogens is 1. The van der Waals surface area contributed by atoms with Gasteiger partial charge in [0.1, 0.15) is 18.2 Å². The Morgan fingerprint density at radius 3 is 2.67 bits per heavy atom. The van der Waals surface area contributed by atoms with E-state index >= 15 is 0 Å². The third-order valence-corrected chi connectivity index (χ3v) is 9.04. The Morgan fingerprint density at radius 1 is 1.00 bits per heavy atom. The lowest BCUT2D eigenvalue weighted by molar-refractivity contribution is -0.122. The molecular weight excluding hydrogens is 598 g/mol. The maximum atomic E-state index is 14.6. The van der Waals surface area contributed by atoms with Crippen molar-refractivity contribution in [2.75, 3.05) is 26.9 Å². The topological polar surface area (TPSA) is 72.5 Å². The Kier molecular flexibility index (Phi) is 9.49. The lowest BCUT2D eigenvalue weighted by atomic mass is 9.92. The van der Waals surface area contributed by atoms with Crippen LogP contribution in [-0.2, 0) is 29.0 Å². The Labute approximate surface area is 274 Å². The fourth-order valence-electron chi connectivity index (χ4n) is 5.96. The van der Waals surface area contributed by atoms with Crippen LogP contribution in [0.5, 0.6) is 5.75 Å². The SMILES string of the molecule is COCCOc1cc(F)ccc1-c1c(-c2cccc(CNC(=O)CC(C)(C)C)c2)nc(-c2ccc3c(c2)CCNC3)c2ccsc12. The van der Waals surface area contributed by atoms with Crippen LogP contribution in [0.3, 0.4) is 0 Å². The van der Waals surface area contributed by atoms with E-state index in [9.17, 15) is 9.18 Å². The minimum atomic E-state index is -0.374. The number of carbonyl (C=O) groups excluding carboxylic acids is 1. The number of nitrogens with zero attached hydrogens (tertiary/aromatic N) is 1. The average molecular weight is 638 g/mol. The molecule has 0 radical (unpaired) electrons. The lowest BCUT2D eigenvalue weighted by Gasteiger charge is -2.20. The molecule has 2 aromatic heterocycles. The van der Waals surface area contributed by atoms with Gasteiger partial charge in [0.05, 0.1) is 18.0 Å². The molecule has 0 spiro atoms. The summed E-state index contributed by atoms with van der Waals surface area (Å²) in [5, 5.41) is 9.66. The largest absolute Gasteiger partial charge is 0.490 e. The minimum Gasteiger partial charge on any atom is -0.490 e. The van der Waals surface area contributed by atoms with Crippen molar-refractivity contribution in [3.05, 3.63) is 94.6 Å². The standard InChI is InChI=1S/C38H40FN3O3S/c1-38(2,3)21-33(43)41-22-24-6-5-7-26(18-24)36-34(30-11-10-29(39)20-32(30)45-16-15-44-4)37-31(13-17-46-37)35(42-36)27-8-9-28-23-40-14-12-25(28)19-27/h5-11,13,17-20,40H,12,14-16,21-23H2,1-4H3,(H,41,43). The molecular formula is C38H40FN3O3S. The number of carbonyl (C=O) groups is 1. The van der Waals surface area contributed by atoms with E-state index in [4.69, 9.17) is 14.5 Å². The monoisotopic (exact) mass is 637 g/mol. The molecule has 3 heterocycles. The first kappa shape index (κ1) is 31.9. The Bertz CT molecular complexity index is 1880. The Hall–Kier alpha value is -4.11. The molecule has 0 atom stereocenters. The van der Waals surface area contributed by atoms with E-state index < -0.39 is 0 Å². The van der Waals surface area contributed by atoms with E-state index in [1.807, 2.05) is 18.2 Å². The summed E-state index contributed by atoms with van der Waals surface area (Å²) in [4.78, 5) is 18.1. The van der Waals surface area contributed by atoms with Crippen molar-refractivity contribution in [3.63, 3.8) is 0 Å². The minimum absolute atomic E-state index is 0.0192. The zero-order valence-corrected chi connectivity index (χ0v) is 27.7. The van der Waals surface area contributed by atoms with Gasteiger partial charge in [0, 0.05) is 65.0 Å². The number of rotatable bonds is 10. The summed E-state index contributed by atoms with van der Waals surface area (Å²) < 4.78 is 27.0. The molecule has 0 unspecified atom stereocenters. The average Bonchev–Trinajstić information content (AvgIpc) is 3.53. The van der Waals surface area contributed by atoms with Gasteiger partial charge in [-0.05, 0) is 70.8 Å². The second kappa shape index (κ2) is 13.7. The second-order valence-corrected chi connectivity index (χ2v) is 13.9. The predicted molar refractivity (Wildman–Crippen MR) is 185 cm³/mol. The van der Waals surface area contributed by atoms with Crippen LogP contribution >= 0.6 is 11.3 Å². The van der Waals surface area contributed by atoms with Gasteiger partial charge in [0.25, 0.3) is 0 Å². The highest BCUT2D eigenvalue weighted by molar-refractivity contribution is 7.18. The van der Waals surface area contributed by atoms with E-state index in [-0.39, 0.29) is 23.7 Å². The molecule has 6 nitrogen and oxygen atoms in total. The number of nitrogens with one attached hydrogen (secondary N) is 2. The van der Waals surface area contributed by atoms with Crippen LogP contribution in [0.4, 0.5) is 4.39 Å². The number of fused-ring (bicyclic) bond motifs is 2. The highest BCUT2D eigenvalue weighted by atomic mass is 32.1. The molecule has 1 aliphatic heterocycles. The van der Waals surface area contributed by atoms with Crippen LogP contribution < -0.4 is 15.4 Å². The summed E-state index contributed by atoms with van der Waals surface area (Å²) in [5.41, 5.74) is 8.84. The van der Waals surface area contributed by atoms with E-state index in [0.29, 0.717) is 25.3 Å². The third kappa shape index (κ3) is 7.15. The smallest absolute Gasteiger partial charge is 0.220 e. The summed E-state index contributed by atoms with van der Waals surface area (Å²) in [5.74, 6) is 0.0847. The first-order valence-corrected chi connectivity index (χ1v) is 16.6. The number of amides is 1. The summed E-state index contributed by atoms with van der Waals surface area (Å²) in [6.45, 7) is 9.07. The maximum absolute atomic E-state index is 14.6. The lowest BCUT2D eigenvalue weighted by Crippen LogP contribution is -2.27. The molecule has 1 amide bonds. The molecule has 6 rings (SSSR count). The summed E-state index contributed by atoms with van der Waals surface area (Å²) in [6, 6.07) is 21.6. The van der Waals surface area contributed by atoms with Crippen molar-refractivity contribution < 1.29 is 18.7 Å². The quantitative estimate of drug-likeness (QED) is 0.151. The van der Waals surface area contributed by atoms with E-state index in [1.165, 1.54) is 23.3 Å². The van der Waals surface area contributed by atoms with Gasteiger partial charge in [-0.3, -0.25) is 4.79 Å². The molecule has 3 aromatic carbocycles. The molecule has 5 aromatic rings. The normalized spacial score (nSPS) is 13.1. The van der Waals surface area contributed by atoms with Gasteiger partial charge in [0.15, 0.2) is 0 Å². The summed E-state index contributed by atoms with van der Waals surface area (Å²) in [7, 11) is 1.61. The molecule has 46 heavy (non-hydrogen) atoms. The number of pyridine rings is 1. The van der Waals surface area contributed by atoms with Crippen LogP contribution in [0.15, 0.2) is 72.1 Å². The fourth-order valence-corrected chi connectivity index (χ4v) is 6.92. The summed E-state index contributed by atoms with van der Waals surface area (Å²) >= 11 is 1.64. The van der Waals surface area contributed by atoms with Gasteiger partial charge in [-0.25, -0.2) is 9.37 Å². The number of hydrogen-bond donors (Lipinski definition) is 2. The van der Waals surface area contributed by atoms with E-state index in [2.05, 4.69) is 67.1 Å². The predicted octanol–water partition coefficient (Wildman–Crippen LogP) is 8.16.